The molecule has 3 N–H and O–H groups in total. The van der Waals surface area contributed by atoms with Crippen molar-refractivity contribution in [2.24, 2.45) is 50.2 Å². The summed E-state index contributed by atoms with van der Waals surface area (Å²) in [6.07, 6.45) is 9.60. The van der Waals surface area contributed by atoms with Gasteiger partial charge in [-0.05, 0) is 108 Å². The third kappa shape index (κ3) is 4.04. The van der Waals surface area contributed by atoms with E-state index in [4.69, 9.17) is 0 Å². The molecule has 6 bridgehead atoms. The van der Waals surface area contributed by atoms with Gasteiger partial charge in [-0.3, -0.25) is 14.4 Å². The average Bonchev–Trinajstić information content (AvgIpc) is 3.62. The van der Waals surface area contributed by atoms with Crippen molar-refractivity contribution in [3.05, 3.63) is 23.3 Å². The number of nitrogens with zero attached hydrogens (tertiary/aromatic N) is 2. The van der Waals surface area contributed by atoms with Crippen molar-refractivity contribution in [3.63, 3.8) is 0 Å². The van der Waals surface area contributed by atoms with Crippen molar-refractivity contribution >= 4 is 17.7 Å². The van der Waals surface area contributed by atoms with Crippen molar-refractivity contribution in [1.82, 2.24) is 25.9 Å². The van der Waals surface area contributed by atoms with Crippen molar-refractivity contribution in [3.8, 4) is 0 Å². The first-order chi connectivity index (χ1) is 20.8. The number of fused-ring (bicyclic) bond motifs is 6. The van der Waals surface area contributed by atoms with E-state index in [1.165, 1.54) is 25.3 Å². The molecular weight excluding hydrogens is 562 g/mol. The van der Waals surface area contributed by atoms with Crippen LogP contribution in [0.4, 0.5) is 0 Å². The Kier molecular flexibility index (Phi) is 6.59. The summed E-state index contributed by atoms with van der Waals surface area (Å²) in [5.41, 5.74) is 0.560. The van der Waals surface area contributed by atoms with Gasteiger partial charge in [0.1, 0.15) is 11.4 Å². The third-order valence-corrected chi connectivity index (χ3v) is 16.7. The van der Waals surface area contributed by atoms with Crippen molar-refractivity contribution < 1.29 is 14.4 Å². The van der Waals surface area contributed by atoms with Gasteiger partial charge in [0.2, 0.25) is 5.82 Å². The fourth-order valence-corrected chi connectivity index (χ4v) is 11.7. The Morgan fingerprint density at radius 2 is 0.867 bits per heavy atom. The molecule has 0 aliphatic heterocycles. The predicted molar refractivity (Wildman–Crippen MR) is 173 cm³/mol. The lowest BCUT2D eigenvalue weighted by molar-refractivity contribution is 0.0810. The van der Waals surface area contributed by atoms with Crippen LogP contribution in [0, 0.1) is 50.2 Å². The fraction of sp³-hybridized carbons (Fsp3) is 0.811. The number of nitrogens with one attached hydrogen (secondary N) is 3. The van der Waals surface area contributed by atoms with E-state index < -0.39 is 5.91 Å². The molecule has 6 saturated carbocycles. The number of amides is 3. The van der Waals surface area contributed by atoms with Gasteiger partial charge in [0, 0.05) is 24.2 Å². The van der Waals surface area contributed by atoms with Crippen molar-refractivity contribution in [1.29, 1.82) is 0 Å². The zero-order chi connectivity index (χ0) is 32.5. The fourth-order valence-electron chi connectivity index (χ4n) is 11.7. The first-order valence-corrected chi connectivity index (χ1v) is 17.7. The van der Waals surface area contributed by atoms with Crippen LogP contribution >= 0.6 is 0 Å². The number of hydrogen-bond acceptors (Lipinski definition) is 5. The average molecular weight is 618 g/mol. The summed E-state index contributed by atoms with van der Waals surface area (Å²) in [5, 5.41) is 9.82. The lowest BCUT2D eigenvalue weighted by Crippen LogP contribution is -2.48. The molecule has 0 radical (unpaired) electrons. The van der Waals surface area contributed by atoms with Crippen LogP contribution in [-0.4, -0.2) is 45.8 Å². The van der Waals surface area contributed by atoms with Gasteiger partial charge in [-0.25, -0.2) is 9.97 Å². The Bertz CT molecular complexity index is 1280. The molecule has 3 amide bonds. The molecule has 6 aliphatic carbocycles. The Hall–Kier alpha value is -2.51. The van der Waals surface area contributed by atoms with Crippen molar-refractivity contribution in [2.75, 3.05) is 0 Å². The highest BCUT2D eigenvalue weighted by Crippen LogP contribution is 2.67. The van der Waals surface area contributed by atoms with Crippen LogP contribution in [0.3, 0.4) is 0 Å². The van der Waals surface area contributed by atoms with Gasteiger partial charge in [-0.2, -0.15) is 0 Å². The van der Waals surface area contributed by atoms with Gasteiger partial charge in [0.05, 0.1) is 0 Å². The zero-order valence-corrected chi connectivity index (χ0v) is 29.0. The van der Waals surface area contributed by atoms with E-state index in [2.05, 4.69) is 88.2 Å². The quantitative estimate of drug-likeness (QED) is 0.346. The predicted octanol–water partition coefficient (Wildman–Crippen LogP) is 6.31. The van der Waals surface area contributed by atoms with Crippen LogP contribution < -0.4 is 16.0 Å². The third-order valence-electron chi connectivity index (χ3n) is 16.7. The van der Waals surface area contributed by atoms with Crippen LogP contribution in [0.5, 0.6) is 0 Å². The molecule has 0 spiro atoms. The van der Waals surface area contributed by atoms with Gasteiger partial charge in [0.25, 0.3) is 17.7 Å². The largest absolute Gasteiger partial charge is 0.347 e. The molecule has 45 heavy (non-hydrogen) atoms. The summed E-state index contributed by atoms with van der Waals surface area (Å²) in [4.78, 5) is 50.7. The van der Waals surface area contributed by atoms with E-state index in [1.54, 1.807) is 0 Å². The Balaban J connectivity index is 1.17. The molecule has 246 valence electrons. The van der Waals surface area contributed by atoms with E-state index in [9.17, 15) is 14.4 Å². The lowest BCUT2D eigenvalue weighted by Gasteiger charge is -2.39. The minimum absolute atomic E-state index is 0.00421. The van der Waals surface area contributed by atoms with Crippen molar-refractivity contribution in [2.45, 2.75) is 138 Å². The Morgan fingerprint density at radius 3 is 1.13 bits per heavy atom. The summed E-state index contributed by atoms with van der Waals surface area (Å²) >= 11 is 0. The topological polar surface area (TPSA) is 113 Å². The Morgan fingerprint density at radius 1 is 0.556 bits per heavy atom. The van der Waals surface area contributed by atoms with E-state index >= 15 is 0 Å². The highest BCUT2D eigenvalue weighted by molar-refractivity contribution is 6.00. The minimum atomic E-state index is -0.408. The van der Waals surface area contributed by atoms with Gasteiger partial charge in [-0.1, -0.05) is 62.3 Å². The van der Waals surface area contributed by atoms with E-state index in [1.807, 2.05) is 0 Å². The van der Waals surface area contributed by atoms with Gasteiger partial charge in [0.15, 0.2) is 0 Å². The number of aromatic nitrogens is 2. The lowest BCUT2D eigenvalue weighted by atomic mass is 9.69. The second-order valence-corrected chi connectivity index (χ2v) is 18.4. The molecule has 8 nitrogen and oxygen atoms in total. The molecule has 0 saturated heterocycles. The summed E-state index contributed by atoms with van der Waals surface area (Å²) in [5.74, 6) is 0.519. The Labute approximate surface area is 269 Å². The van der Waals surface area contributed by atoms with E-state index in [0.29, 0.717) is 17.8 Å². The number of carbonyl (C=O) groups is 3. The maximum absolute atomic E-state index is 13.9. The summed E-state index contributed by atoms with van der Waals surface area (Å²) in [6, 6.07) is 1.54. The molecule has 1 aromatic heterocycles. The first-order valence-electron chi connectivity index (χ1n) is 17.7. The molecule has 1 aromatic rings. The standard InChI is InChI=1S/C37H55N5O3/c1-32(2)20-10-13-35(32,7)25(16-20)40-29(43)23-19-24(30(44)41-26-17-21-11-14-36(26,8)33(21,3)4)39-28(38-23)31(45)42-27-18-22-12-15-37(27,9)34(22,5)6/h19-22,25-27H,10-18H2,1-9H3,(H,40,43)(H,41,44)(H,42,45). The van der Waals surface area contributed by atoms with Crippen LogP contribution in [-0.2, 0) is 0 Å². The SMILES string of the molecule is CC1(C)C2CCC1(C)C(NC(=O)c1cc(C(=O)NC3CC4CCC3(C)C4(C)C)nc(C(=O)NC3CC4CCC3(C)C4(C)C)n1)C2. The molecule has 0 aromatic carbocycles. The maximum atomic E-state index is 13.9. The van der Waals surface area contributed by atoms with Gasteiger partial charge < -0.3 is 16.0 Å². The molecule has 1 heterocycles. The van der Waals surface area contributed by atoms with E-state index in [-0.39, 0.29) is 79.6 Å². The minimum Gasteiger partial charge on any atom is -0.347 e. The number of hydrogen-bond donors (Lipinski definition) is 3. The molecule has 7 rings (SSSR count). The number of carbonyl (C=O) groups excluding carboxylic acids is 3. The summed E-state index contributed by atoms with van der Waals surface area (Å²) in [6.45, 7) is 20.8. The van der Waals surface area contributed by atoms with Crippen LogP contribution in [0.15, 0.2) is 6.07 Å². The smallest absolute Gasteiger partial charge is 0.289 e. The molecular formula is C37H55N5O3. The summed E-state index contributed by atoms with van der Waals surface area (Å²) < 4.78 is 0. The van der Waals surface area contributed by atoms with E-state index in [0.717, 1.165) is 38.5 Å². The highest BCUT2D eigenvalue weighted by Gasteiger charge is 2.63. The molecule has 9 unspecified atom stereocenters. The van der Waals surface area contributed by atoms with Crippen LogP contribution in [0.1, 0.15) is 152 Å². The second kappa shape index (κ2) is 9.53. The zero-order valence-electron chi connectivity index (χ0n) is 29.0. The molecule has 9 atom stereocenters. The highest BCUT2D eigenvalue weighted by atomic mass is 16.2. The number of rotatable bonds is 6. The second-order valence-electron chi connectivity index (χ2n) is 18.4. The molecule has 8 heteroatoms. The van der Waals surface area contributed by atoms with Gasteiger partial charge >= 0.3 is 0 Å². The maximum Gasteiger partial charge on any atom is 0.289 e. The van der Waals surface area contributed by atoms with Crippen LogP contribution in [0.25, 0.3) is 0 Å². The first kappa shape index (κ1) is 31.1. The normalized spacial score (nSPS) is 42.6. The molecule has 6 aliphatic rings. The summed E-state index contributed by atoms with van der Waals surface area (Å²) in [7, 11) is 0. The monoisotopic (exact) mass is 617 g/mol. The molecule has 6 fully saturated rings. The van der Waals surface area contributed by atoms with Gasteiger partial charge in [-0.15, -0.1) is 0 Å². The van der Waals surface area contributed by atoms with Crippen LogP contribution in [0.2, 0.25) is 0 Å².